The minimum Gasteiger partial charge on any atom is -0.236 e. The molecule has 13 heavy (non-hydrogen) atoms. The Morgan fingerprint density at radius 3 is 2.62 bits per heavy atom. The van der Waals surface area contributed by atoms with Crippen LogP contribution in [0.15, 0.2) is 5.03 Å². The minimum atomic E-state index is -3.72. The molecule has 0 aromatic carbocycles. The first-order valence-corrected chi connectivity index (χ1v) is 6.15. The van der Waals surface area contributed by atoms with Gasteiger partial charge in [-0.2, -0.15) is 0 Å². The number of aromatic nitrogens is 3. The monoisotopic (exact) mass is 221 g/mol. The lowest BCUT2D eigenvalue weighted by molar-refractivity contribution is 0.586. The van der Waals surface area contributed by atoms with Crippen LogP contribution in [0.3, 0.4) is 0 Å². The highest BCUT2D eigenvalue weighted by Gasteiger charge is 2.34. The third-order valence-corrected chi connectivity index (χ3v) is 3.37. The molecule has 0 bridgehead atoms. The molecule has 0 saturated heterocycles. The Morgan fingerprint density at radius 1 is 1.54 bits per heavy atom. The first-order chi connectivity index (χ1) is 6.00. The molecule has 0 atom stereocenters. The fourth-order valence-electron chi connectivity index (χ4n) is 1.26. The first kappa shape index (κ1) is 8.96. The van der Waals surface area contributed by atoms with E-state index in [0.717, 1.165) is 12.8 Å². The predicted molar refractivity (Wildman–Crippen MR) is 46.0 cm³/mol. The molecule has 1 aliphatic rings. The van der Waals surface area contributed by atoms with E-state index in [0.29, 0.717) is 5.69 Å². The molecular formula is C6H8ClN3O2S. The molecule has 0 aliphatic heterocycles. The third kappa shape index (κ3) is 1.55. The van der Waals surface area contributed by atoms with E-state index in [1.54, 1.807) is 0 Å². The lowest BCUT2D eigenvalue weighted by Crippen LogP contribution is -2.03. The van der Waals surface area contributed by atoms with Crippen molar-refractivity contribution in [3.8, 4) is 0 Å². The normalized spacial score (nSPS) is 17.7. The highest BCUT2D eigenvalue weighted by Crippen LogP contribution is 2.41. The Hall–Kier alpha value is -0.620. The van der Waals surface area contributed by atoms with Crippen LogP contribution >= 0.6 is 10.7 Å². The van der Waals surface area contributed by atoms with Gasteiger partial charge in [-0.25, -0.2) is 13.1 Å². The van der Waals surface area contributed by atoms with Crippen molar-refractivity contribution in [2.24, 2.45) is 7.05 Å². The average molecular weight is 222 g/mol. The first-order valence-electron chi connectivity index (χ1n) is 3.84. The summed E-state index contributed by atoms with van der Waals surface area (Å²) in [5.74, 6) is 0.234. The molecule has 1 aromatic heterocycles. The van der Waals surface area contributed by atoms with E-state index in [-0.39, 0.29) is 10.9 Å². The average Bonchev–Trinajstić information content (AvgIpc) is 2.73. The van der Waals surface area contributed by atoms with Crippen LogP contribution in [-0.2, 0) is 16.1 Å². The SMILES string of the molecule is Cn1nnc(C2CC2)c1S(=O)(=O)Cl. The van der Waals surface area contributed by atoms with Gasteiger partial charge in [0.2, 0.25) is 0 Å². The number of hydrogen-bond acceptors (Lipinski definition) is 4. The van der Waals surface area contributed by atoms with Crippen LogP contribution < -0.4 is 0 Å². The topological polar surface area (TPSA) is 64.8 Å². The summed E-state index contributed by atoms with van der Waals surface area (Å²) in [4.78, 5) is 0. The molecule has 1 aromatic rings. The summed E-state index contributed by atoms with van der Waals surface area (Å²) in [7, 11) is 3.06. The zero-order chi connectivity index (χ0) is 9.64. The summed E-state index contributed by atoms with van der Waals surface area (Å²) in [6.07, 6.45) is 1.94. The van der Waals surface area contributed by atoms with Crippen LogP contribution in [0.2, 0.25) is 0 Å². The zero-order valence-electron chi connectivity index (χ0n) is 6.94. The molecule has 7 heteroatoms. The molecule has 0 N–H and O–H groups in total. The number of halogens is 1. The van der Waals surface area contributed by atoms with Crippen LogP contribution in [0.1, 0.15) is 24.5 Å². The van der Waals surface area contributed by atoms with Crippen LogP contribution in [-0.4, -0.2) is 23.4 Å². The molecule has 5 nitrogen and oxygen atoms in total. The second-order valence-corrected chi connectivity index (χ2v) is 5.60. The molecule has 0 radical (unpaired) electrons. The molecule has 1 saturated carbocycles. The Bertz CT molecular complexity index is 435. The van der Waals surface area contributed by atoms with E-state index in [9.17, 15) is 8.42 Å². The maximum Gasteiger partial charge on any atom is 0.280 e. The van der Waals surface area contributed by atoms with Gasteiger partial charge in [-0.05, 0) is 12.8 Å². The molecule has 0 amide bonds. The molecule has 1 aliphatic carbocycles. The summed E-state index contributed by atoms with van der Waals surface area (Å²) < 4.78 is 23.5. The van der Waals surface area contributed by atoms with Gasteiger partial charge in [0.15, 0.2) is 5.03 Å². The van der Waals surface area contributed by atoms with Gasteiger partial charge in [-0.15, -0.1) is 5.10 Å². The Kier molecular flexibility index (Phi) is 1.85. The summed E-state index contributed by atoms with van der Waals surface area (Å²) in [5.41, 5.74) is 0.512. The highest BCUT2D eigenvalue weighted by molar-refractivity contribution is 8.13. The summed E-state index contributed by atoms with van der Waals surface area (Å²) >= 11 is 0. The second-order valence-electron chi connectivity index (χ2n) is 3.12. The largest absolute Gasteiger partial charge is 0.280 e. The molecular weight excluding hydrogens is 214 g/mol. The van der Waals surface area contributed by atoms with Crippen molar-refractivity contribution < 1.29 is 8.42 Å². The highest BCUT2D eigenvalue weighted by atomic mass is 35.7. The summed E-state index contributed by atoms with van der Waals surface area (Å²) in [6.45, 7) is 0. The fraction of sp³-hybridized carbons (Fsp3) is 0.667. The Morgan fingerprint density at radius 2 is 2.15 bits per heavy atom. The zero-order valence-corrected chi connectivity index (χ0v) is 8.51. The van der Waals surface area contributed by atoms with Gasteiger partial charge in [0.25, 0.3) is 9.05 Å². The van der Waals surface area contributed by atoms with Gasteiger partial charge in [-0.3, -0.25) is 0 Å². The van der Waals surface area contributed by atoms with Crippen molar-refractivity contribution in [2.75, 3.05) is 0 Å². The van der Waals surface area contributed by atoms with Gasteiger partial charge in [0, 0.05) is 23.6 Å². The van der Waals surface area contributed by atoms with Gasteiger partial charge in [0.05, 0.1) is 0 Å². The summed E-state index contributed by atoms with van der Waals surface area (Å²) in [6, 6.07) is 0. The minimum absolute atomic E-state index is 0.0386. The van der Waals surface area contributed by atoms with Crippen molar-refractivity contribution in [1.82, 2.24) is 15.0 Å². The second kappa shape index (κ2) is 2.68. The van der Waals surface area contributed by atoms with E-state index >= 15 is 0 Å². The molecule has 0 spiro atoms. The van der Waals surface area contributed by atoms with Crippen molar-refractivity contribution in [1.29, 1.82) is 0 Å². The van der Waals surface area contributed by atoms with E-state index in [2.05, 4.69) is 10.3 Å². The fourth-order valence-corrected chi connectivity index (χ4v) is 2.61. The lowest BCUT2D eigenvalue weighted by Gasteiger charge is -1.97. The van der Waals surface area contributed by atoms with E-state index in [1.807, 2.05) is 0 Å². The molecule has 1 fully saturated rings. The van der Waals surface area contributed by atoms with E-state index < -0.39 is 9.05 Å². The van der Waals surface area contributed by atoms with Gasteiger partial charge in [-0.1, -0.05) is 5.21 Å². The number of nitrogens with zero attached hydrogens (tertiary/aromatic N) is 3. The number of hydrogen-bond donors (Lipinski definition) is 0. The Balaban J connectivity index is 2.59. The lowest BCUT2D eigenvalue weighted by atomic mass is 10.3. The van der Waals surface area contributed by atoms with Crippen molar-refractivity contribution in [3.05, 3.63) is 5.69 Å². The van der Waals surface area contributed by atoms with E-state index in [4.69, 9.17) is 10.7 Å². The number of aryl methyl sites for hydroxylation is 1. The van der Waals surface area contributed by atoms with Crippen molar-refractivity contribution in [3.63, 3.8) is 0 Å². The van der Waals surface area contributed by atoms with Gasteiger partial charge >= 0.3 is 0 Å². The van der Waals surface area contributed by atoms with Crippen LogP contribution in [0, 0.1) is 0 Å². The predicted octanol–water partition coefficient (Wildman–Crippen LogP) is 0.620. The Labute approximate surface area is 80.1 Å². The molecule has 1 heterocycles. The van der Waals surface area contributed by atoms with Gasteiger partial charge < -0.3 is 0 Å². The quantitative estimate of drug-likeness (QED) is 0.687. The van der Waals surface area contributed by atoms with Gasteiger partial charge in [0.1, 0.15) is 5.69 Å². The van der Waals surface area contributed by atoms with Crippen LogP contribution in [0.5, 0.6) is 0 Å². The maximum absolute atomic E-state index is 11.1. The smallest absolute Gasteiger partial charge is 0.236 e. The third-order valence-electron chi connectivity index (χ3n) is 1.99. The standard InChI is InChI=1S/C6H8ClN3O2S/c1-10-6(13(7,11)12)5(8-9-10)4-2-3-4/h4H,2-3H2,1H3. The molecule has 0 unspecified atom stereocenters. The molecule has 72 valence electrons. The van der Waals surface area contributed by atoms with Crippen LogP contribution in [0.25, 0.3) is 0 Å². The van der Waals surface area contributed by atoms with Crippen molar-refractivity contribution in [2.45, 2.75) is 23.8 Å². The van der Waals surface area contributed by atoms with Crippen LogP contribution in [0.4, 0.5) is 0 Å². The van der Waals surface area contributed by atoms with Crippen molar-refractivity contribution >= 4 is 19.7 Å². The molecule has 2 rings (SSSR count). The summed E-state index contributed by atoms with van der Waals surface area (Å²) in [5, 5.41) is 7.48. The number of rotatable bonds is 2. The van der Waals surface area contributed by atoms with E-state index in [1.165, 1.54) is 11.7 Å². The maximum atomic E-state index is 11.1.